The molecular weight excluding hydrogens is 157 g/mol. The Morgan fingerprint density at radius 1 is 1.50 bits per heavy atom. The minimum absolute atomic E-state index is 0.602. The summed E-state index contributed by atoms with van der Waals surface area (Å²) in [6.45, 7) is 2.94. The Labute approximate surface area is 56.8 Å². The van der Waals surface area contributed by atoms with Gasteiger partial charge >= 0.3 is 0 Å². The zero-order valence-corrected chi connectivity index (χ0v) is 5.44. The highest BCUT2D eigenvalue weighted by molar-refractivity contribution is 6.53. The van der Waals surface area contributed by atoms with Crippen molar-refractivity contribution in [1.82, 2.24) is 0 Å². The molecule has 0 nitrogen and oxygen atoms in total. The van der Waals surface area contributed by atoms with Gasteiger partial charge in [-0.3, -0.25) is 0 Å². The molecule has 0 amide bonds. The number of rotatable bonds is 2. The van der Waals surface area contributed by atoms with Crippen LogP contribution in [0.25, 0.3) is 0 Å². The van der Waals surface area contributed by atoms with Crippen molar-refractivity contribution in [1.29, 1.82) is 0 Å². The predicted molar refractivity (Wildman–Crippen MR) is 29.9 cm³/mol. The van der Waals surface area contributed by atoms with E-state index in [1.54, 1.807) is 0 Å². The molecule has 0 heterocycles. The Hall–Kier alpha value is 0.440. The predicted octanol–water partition coefficient (Wildman–Crippen LogP) is 2.81. The SMILES string of the molecule is [CH2]CC(F)(F)[C](Cl)Cl. The van der Waals surface area contributed by atoms with E-state index in [9.17, 15) is 8.78 Å². The van der Waals surface area contributed by atoms with E-state index in [1.807, 2.05) is 0 Å². The lowest BCUT2D eigenvalue weighted by Crippen LogP contribution is -2.16. The van der Waals surface area contributed by atoms with Crippen LogP contribution in [-0.2, 0) is 0 Å². The van der Waals surface area contributed by atoms with E-state index in [0.717, 1.165) is 0 Å². The molecule has 2 radical (unpaired) electrons. The first-order valence-electron chi connectivity index (χ1n) is 1.86. The van der Waals surface area contributed by atoms with Crippen molar-refractivity contribution in [2.75, 3.05) is 0 Å². The van der Waals surface area contributed by atoms with Gasteiger partial charge in [-0.25, -0.2) is 8.78 Å². The van der Waals surface area contributed by atoms with Crippen LogP contribution in [0, 0.1) is 11.8 Å². The van der Waals surface area contributed by atoms with Crippen molar-refractivity contribution in [2.24, 2.45) is 0 Å². The molecule has 0 aromatic rings. The Morgan fingerprint density at radius 2 is 1.88 bits per heavy atom. The molecule has 0 saturated heterocycles. The number of hydrogen-bond donors (Lipinski definition) is 0. The molecule has 0 aliphatic heterocycles. The third-order valence-electron chi connectivity index (χ3n) is 0.590. The summed E-state index contributed by atoms with van der Waals surface area (Å²) in [7, 11) is 0. The highest BCUT2D eigenvalue weighted by Crippen LogP contribution is 2.35. The van der Waals surface area contributed by atoms with Crippen LogP contribution >= 0.6 is 23.2 Å². The Bertz CT molecular complexity index is 72.4. The summed E-state index contributed by atoms with van der Waals surface area (Å²) in [5.74, 6) is -3.12. The minimum atomic E-state index is -3.12. The summed E-state index contributed by atoms with van der Waals surface area (Å²) < 4.78 is 23.8. The summed E-state index contributed by atoms with van der Waals surface area (Å²) in [6.07, 6.45) is -0.602. The summed E-state index contributed by atoms with van der Waals surface area (Å²) in [4.78, 5) is -0.924. The second kappa shape index (κ2) is 2.83. The number of alkyl halides is 2. The molecule has 0 aromatic carbocycles. The van der Waals surface area contributed by atoms with Crippen LogP contribution in [0.15, 0.2) is 0 Å². The Morgan fingerprint density at radius 3 is 1.88 bits per heavy atom. The first kappa shape index (κ1) is 8.44. The van der Waals surface area contributed by atoms with Crippen molar-refractivity contribution in [2.45, 2.75) is 12.3 Å². The van der Waals surface area contributed by atoms with Crippen LogP contribution in [-0.4, -0.2) is 5.92 Å². The maximum absolute atomic E-state index is 11.9. The van der Waals surface area contributed by atoms with Gasteiger partial charge in [0.1, 0.15) is 0 Å². The molecule has 0 fully saturated rings. The maximum Gasteiger partial charge on any atom is 0.283 e. The normalized spacial score (nSPS) is 12.8. The van der Waals surface area contributed by atoms with Gasteiger partial charge in [0.25, 0.3) is 5.92 Å². The summed E-state index contributed by atoms with van der Waals surface area (Å²) >= 11 is 9.52. The molecule has 0 bridgehead atoms. The lowest BCUT2D eigenvalue weighted by atomic mass is 10.3. The fourth-order valence-electron chi connectivity index (χ4n) is 0.0945. The molecule has 48 valence electrons. The average molecular weight is 161 g/mol. The Kier molecular flexibility index (Phi) is 2.99. The zero-order valence-electron chi connectivity index (χ0n) is 3.93. The van der Waals surface area contributed by atoms with Crippen LogP contribution in [0.1, 0.15) is 6.42 Å². The van der Waals surface area contributed by atoms with E-state index in [2.05, 4.69) is 6.92 Å². The molecule has 0 spiro atoms. The van der Waals surface area contributed by atoms with Crippen molar-refractivity contribution < 1.29 is 8.78 Å². The van der Waals surface area contributed by atoms with Crippen molar-refractivity contribution in [3.8, 4) is 0 Å². The third-order valence-corrected chi connectivity index (χ3v) is 1.14. The van der Waals surface area contributed by atoms with E-state index in [1.165, 1.54) is 0 Å². The zero-order chi connectivity index (χ0) is 6.78. The maximum atomic E-state index is 11.9. The summed E-state index contributed by atoms with van der Waals surface area (Å²) in [5.41, 5.74) is 0. The van der Waals surface area contributed by atoms with E-state index in [4.69, 9.17) is 23.2 Å². The van der Waals surface area contributed by atoms with Gasteiger partial charge in [-0.1, -0.05) is 23.2 Å². The van der Waals surface area contributed by atoms with E-state index in [-0.39, 0.29) is 0 Å². The topological polar surface area (TPSA) is 0 Å². The average Bonchev–Trinajstić information content (AvgIpc) is 1.67. The van der Waals surface area contributed by atoms with Gasteiger partial charge < -0.3 is 0 Å². The molecule has 0 N–H and O–H groups in total. The van der Waals surface area contributed by atoms with Gasteiger partial charge in [0.2, 0.25) is 4.84 Å². The second-order valence-electron chi connectivity index (χ2n) is 1.21. The van der Waals surface area contributed by atoms with Crippen molar-refractivity contribution in [3.05, 3.63) is 11.8 Å². The van der Waals surface area contributed by atoms with Gasteiger partial charge in [-0.2, -0.15) is 0 Å². The third kappa shape index (κ3) is 2.14. The van der Waals surface area contributed by atoms with Gasteiger partial charge in [0, 0.05) is 6.42 Å². The Balaban J connectivity index is 3.71. The minimum Gasteiger partial charge on any atom is -0.203 e. The second-order valence-corrected chi connectivity index (χ2v) is 2.16. The highest BCUT2D eigenvalue weighted by Gasteiger charge is 2.35. The number of hydrogen-bond acceptors (Lipinski definition) is 0. The van der Waals surface area contributed by atoms with E-state index >= 15 is 0 Å². The van der Waals surface area contributed by atoms with E-state index < -0.39 is 17.2 Å². The molecule has 0 rings (SSSR count). The standard InChI is InChI=1S/C4H4Cl2F2/c1-2-4(7,8)3(5)6/h1-2H2. The molecule has 0 unspecified atom stereocenters. The molecule has 4 heteroatoms. The van der Waals surface area contributed by atoms with Gasteiger partial charge in [0.15, 0.2) is 0 Å². The fraction of sp³-hybridized carbons (Fsp3) is 0.500. The van der Waals surface area contributed by atoms with Crippen LogP contribution in [0.5, 0.6) is 0 Å². The van der Waals surface area contributed by atoms with Gasteiger partial charge in [0.05, 0.1) is 0 Å². The van der Waals surface area contributed by atoms with Gasteiger partial charge in [-0.15, -0.1) is 0 Å². The largest absolute Gasteiger partial charge is 0.283 e. The van der Waals surface area contributed by atoms with Crippen LogP contribution in [0.3, 0.4) is 0 Å². The fourth-order valence-corrected chi connectivity index (χ4v) is 0.283. The molecule has 0 atom stereocenters. The molecule has 0 aliphatic carbocycles. The lowest BCUT2D eigenvalue weighted by Gasteiger charge is -2.11. The smallest absolute Gasteiger partial charge is 0.203 e. The highest BCUT2D eigenvalue weighted by atomic mass is 35.5. The molecular formula is C4H4Cl2F2. The summed E-state index contributed by atoms with van der Waals surface area (Å²) in [6, 6.07) is 0. The molecule has 0 aromatic heterocycles. The molecule has 0 aliphatic rings. The molecule has 0 saturated carbocycles. The summed E-state index contributed by atoms with van der Waals surface area (Å²) in [5, 5.41) is 0. The van der Waals surface area contributed by atoms with Crippen LogP contribution in [0.4, 0.5) is 8.78 Å². The molecule has 8 heavy (non-hydrogen) atoms. The van der Waals surface area contributed by atoms with Crippen molar-refractivity contribution in [3.63, 3.8) is 0 Å². The quantitative estimate of drug-likeness (QED) is 0.583. The van der Waals surface area contributed by atoms with Crippen LogP contribution < -0.4 is 0 Å². The lowest BCUT2D eigenvalue weighted by molar-refractivity contribution is 0.0426. The van der Waals surface area contributed by atoms with Crippen LogP contribution in [0.2, 0.25) is 0 Å². The number of halogens is 4. The first-order chi connectivity index (χ1) is 3.50. The first-order valence-corrected chi connectivity index (χ1v) is 2.62. The van der Waals surface area contributed by atoms with Crippen molar-refractivity contribution >= 4 is 23.2 Å². The van der Waals surface area contributed by atoms with Gasteiger partial charge in [-0.05, 0) is 6.92 Å². The van der Waals surface area contributed by atoms with E-state index in [0.29, 0.717) is 0 Å². The monoisotopic (exact) mass is 160 g/mol.